The molecule has 0 amide bonds. The van der Waals surface area contributed by atoms with E-state index in [-0.39, 0.29) is 12.1 Å². The molecule has 0 saturated heterocycles. The number of methoxy groups -OCH3 is 1. The number of nitrogens with zero attached hydrogens (tertiary/aromatic N) is 2. The van der Waals surface area contributed by atoms with Gasteiger partial charge < -0.3 is 9.84 Å². The highest BCUT2D eigenvalue weighted by Crippen LogP contribution is 2.25. The second-order valence-electron chi connectivity index (χ2n) is 3.97. The number of thioether (sulfide) groups is 1. The van der Waals surface area contributed by atoms with E-state index in [1.807, 2.05) is 6.07 Å². The van der Waals surface area contributed by atoms with E-state index in [2.05, 4.69) is 14.7 Å². The van der Waals surface area contributed by atoms with Gasteiger partial charge in [0.25, 0.3) is 0 Å². The maximum Gasteiger partial charge on any atom is 0.356 e. The average Bonchev–Trinajstić information content (AvgIpc) is 2.91. The van der Waals surface area contributed by atoms with Crippen LogP contribution in [-0.2, 0) is 21.7 Å². The van der Waals surface area contributed by atoms with Crippen LogP contribution in [0.3, 0.4) is 0 Å². The Morgan fingerprint density at radius 3 is 2.86 bits per heavy atom. The number of aromatic nitrogens is 2. The van der Waals surface area contributed by atoms with Crippen molar-refractivity contribution < 1.29 is 19.4 Å². The molecule has 2 rings (SSSR count). The molecule has 0 fully saturated rings. The van der Waals surface area contributed by atoms with Crippen molar-refractivity contribution in [1.82, 2.24) is 9.97 Å². The Morgan fingerprint density at radius 2 is 2.14 bits per heavy atom. The molecule has 0 atom stereocenters. The van der Waals surface area contributed by atoms with E-state index < -0.39 is 11.9 Å². The summed E-state index contributed by atoms with van der Waals surface area (Å²) in [5.74, 6) is -0.825. The third-order valence-electron chi connectivity index (χ3n) is 2.41. The van der Waals surface area contributed by atoms with Crippen molar-refractivity contribution in [1.29, 1.82) is 0 Å². The van der Waals surface area contributed by atoms with Gasteiger partial charge in [0.05, 0.1) is 24.9 Å². The van der Waals surface area contributed by atoms with Gasteiger partial charge in [-0.25, -0.2) is 14.8 Å². The molecule has 6 nitrogen and oxygen atoms in total. The third kappa shape index (κ3) is 4.54. The maximum atomic E-state index is 11.4. The average molecular weight is 324 g/mol. The van der Waals surface area contributed by atoms with E-state index in [1.54, 1.807) is 17.5 Å². The fourth-order valence-electron chi connectivity index (χ4n) is 1.50. The molecule has 110 valence electrons. The molecule has 1 N–H and O–H groups in total. The predicted octanol–water partition coefficient (Wildman–Crippen LogP) is 2.24. The van der Waals surface area contributed by atoms with Gasteiger partial charge in [-0.1, -0.05) is 17.8 Å². The second kappa shape index (κ2) is 7.19. The largest absolute Gasteiger partial charge is 0.481 e. The first kappa shape index (κ1) is 15.5. The molecule has 0 bridgehead atoms. The molecule has 0 saturated carbocycles. The molecule has 21 heavy (non-hydrogen) atoms. The number of ether oxygens (including phenoxy) is 1. The van der Waals surface area contributed by atoms with Crippen LogP contribution in [-0.4, -0.2) is 34.1 Å². The number of thiazole rings is 1. The Morgan fingerprint density at radius 1 is 1.33 bits per heavy atom. The Labute approximate surface area is 129 Å². The minimum absolute atomic E-state index is 0.0763. The number of carboxylic acid groups (broad SMARTS) is 1. The molecule has 0 aliphatic heterocycles. The van der Waals surface area contributed by atoms with Crippen molar-refractivity contribution in [3.05, 3.63) is 40.7 Å². The quantitative estimate of drug-likeness (QED) is 0.644. The summed E-state index contributed by atoms with van der Waals surface area (Å²) >= 11 is 2.84. The molecule has 0 spiro atoms. The van der Waals surface area contributed by atoms with Crippen LogP contribution in [0.5, 0.6) is 0 Å². The minimum Gasteiger partial charge on any atom is -0.481 e. The SMILES string of the molecule is COC(=O)c1cccc(CSc2nc(CC(=O)O)cs2)n1. The summed E-state index contributed by atoms with van der Waals surface area (Å²) in [6.45, 7) is 0. The van der Waals surface area contributed by atoms with Gasteiger partial charge in [-0.05, 0) is 12.1 Å². The van der Waals surface area contributed by atoms with Gasteiger partial charge in [-0.2, -0.15) is 0 Å². The van der Waals surface area contributed by atoms with E-state index in [4.69, 9.17) is 5.11 Å². The van der Waals surface area contributed by atoms with E-state index in [0.717, 1.165) is 10.0 Å². The molecule has 0 aliphatic rings. The number of hydrogen-bond donors (Lipinski definition) is 1. The highest BCUT2D eigenvalue weighted by molar-refractivity contribution is 8.00. The van der Waals surface area contributed by atoms with Crippen LogP contribution in [0.1, 0.15) is 21.9 Å². The molecule has 0 aromatic carbocycles. The number of pyridine rings is 1. The minimum atomic E-state index is -0.899. The van der Waals surface area contributed by atoms with Crippen molar-refractivity contribution in [3.63, 3.8) is 0 Å². The fraction of sp³-hybridized carbons (Fsp3) is 0.231. The Balaban J connectivity index is 1.98. The van der Waals surface area contributed by atoms with Crippen molar-refractivity contribution in [2.45, 2.75) is 16.5 Å². The van der Waals surface area contributed by atoms with E-state index in [0.29, 0.717) is 11.4 Å². The van der Waals surface area contributed by atoms with Gasteiger partial charge in [0.2, 0.25) is 0 Å². The number of esters is 1. The van der Waals surface area contributed by atoms with Gasteiger partial charge in [-0.15, -0.1) is 11.3 Å². The molecule has 8 heteroatoms. The molecule has 0 unspecified atom stereocenters. The molecule has 2 heterocycles. The van der Waals surface area contributed by atoms with Crippen LogP contribution < -0.4 is 0 Å². The lowest BCUT2D eigenvalue weighted by Gasteiger charge is -2.02. The van der Waals surface area contributed by atoms with Crippen LogP contribution in [0.4, 0.5) is 0 Å². The lowest BCUT2D eigenvalue weighted by atomic mass is 10.3. The van der Waals surface area contributed by atoms with Gasteiger partial charge in [0.15, 0.2) is 4.34 Å². The second-order valence-corrected chi connectivity index (χ2v) is 6.05. The summed E-state index contributed by atoms with van der Waals surface area (Å²) in [6, 6.07) is 5.15. The highest BCUT2D eigenvalue weighted by atomic mass is 32.2. The van der Waals surface area contributed by atoms with Crippen LogP contribution >= 0.6 is 23.1 Å². The van der Waals surface area contributed by atoms with Gasteiger partial charge in [0, 0.05) is 11.1 Å². The summed E-state index contributed by atoms with van der Waals surface area (Å²) < 4.78 is 5.39. The van der Waals surface area contributed by atoms with Crippen molar-refractivity contribution in [2.24, 2.45) is 0 Å². The van der Waals surface area contributed by atoms with Crippen molar-refractivity contribution in [2.75, 3.05) is 7.11 Å². The number of hydrogen-bond acceptors (Lipinski definition) is 7. The summed E-state index contributed by atoms with van der Waals surface area (Å²) in [5, 5.41) is 10.4. The van der Waals surface area contributed by atoms with Crippen LogP contribution in [0, 0.1) is 0 Å². The Kier molecular flexibility index (Phi) is 5.29. The number of carboxylic acids is 1. The Hall–Kier alpha value is -1.93. The summed E-state index contributed by atoms with van der Waals surface area (Å²) in [6.07, 6.45) is -0.0763. The van der Waals surface area contributed by atoms with Crippen molar-refractivity contribution >= 4 is 35.0 Å². The number of rotatable bonds is 6. The monoisotopic (exact) mass is 324 g/mol. The number of aliphatic carboxylic acids is 1. The van der Waals surface area contributed by atoms with Gasteiger partial charge in [0.1, 0.15) is 5.69 Å². The predicted molar refractivity (Wildman–Crippen MR) is 78.6 cm³/mol. The number of carbonyl (C=O) groups is 2. The molecule has 2 aromatic rings. The van der Waals surface area contributed by atoms with E-state index in [1.165, 1.54) is 30.2 Å². The fourth-order valence-corrected chi connectivity index (χ4v) is 3.25. The summed E-state index contributed by atoms with van der Waals surface area (Å²) in [4.78, 5) is 30.4. The highest BCUT2D eigenvalue weighted by Gasteiger charge is 2.10. The first-order valence-electron chi connectivity index (χ1n) is 5.91. The lowest BCUT2D eigenvalue weighted by molar-refractivity contribution is -0.136. The standard InChI is InChI=1S/C13H12N2O4S2/c1-19-12(18)10-4-2-3-8(14-10)6-20-13-15-9(7-21-13)5-11(16)17/h2-4,7H,5-6H2,1H3,(H,16,17). The normalized spacial score (nSPS) is 10.3. The third-order valence-corrected chi connectivity index (χ3v) is 4.51. The first-order valence-corrected chi connectivity index (χ1v) is 7.78. The van der Waals surface area contributed by atoms with Crippen LogP contribution in [0.25, 0.3) is 0 Å². The maximum absolute atomic E-state index is 11.4. The topological polar surface area (TPSA) is 89.4 Å². The van der Waals surface area contributed by atoms with Gasteiger partial charge >= 0.3 is 11.9 Å². The molecule has 2 aromatic heterocycles. The number of carbonyl (C=O) groups excluding carboxylic acids is 1. The van der Waals surface area contributed by atoms with E-state index in [9.17, 15) is 9.59 Å². The lowest BCUT2D eigenvalue weighted by Crippen LogP contribution is -2.05. The summed E-state index contributed by atoms with van der Waals surface area (Å²) in [7, 11) is 1.31. The van der Waals surface area contributed by atoms with Crippen molar-refractivity contribution in [3.8, 4) is 0 Å². The van der Waals surface area contributed by atoms with Crippen LogP contribution in [0.2, 0.25) is 0 Å². The molecular weight excluding hydrogens is 312 g/mol. The first-order chi connectivity index (χ1) is 10.1. The zero-order valence-electron chi connectivity index (χ0n) is 11.1. The van der Waals surface area contributed by atoms with Gasteiger partial charge in [-0.3, -0.25) is 4.79 Å². The molecule has 0 radical (unpaired) electrons. The Bertz CT molecular complexity index is 657. The smallest absolute Gasteiger partial charge is 0.356 e. The zero-order valence-corrected chi connectivity index (χ0v) is 12.7. The molecule has 0 aliphatic carbocycles. The van der Waals surface area contributed by atoms with E-state index >= 15 is 0 Å². The van der Waals surface area contributed by atoms with Crippen LogP contribution in [0.15, 0.2) is 27.9 Å². The zero-order chi connectivity index (χ0) is 15.2. The summed E-state index contributed by atoms with van der Waals surface area (Å²) in [5.41, 5.74) is 1.55. The molecular formula is C13H12N2O4S2.